The second-order valence-electron chi connectivity index (χ2n) is 6.30. The highest BCUT2D eigenvalue weighted by atomic mass is 15.3. The third-order valence-electron chi connectivity index (χ3n) is 4.89. The molecule has 2 fully saturated rings. The van der Waals surface area contributed by atoms with Crippen LogP contribution in [0.1, 0.15) is 49.9 Å². The van der Waals surface area contributed by atoms with Crippen molar-refractivity contribution >= 4 is 11.8 Å². The maximum atomic E-state index is 7.54. The summed E-state index contributed by atoms with van der Waals surface area (Å²) in [6, 6.07) is 1.77. The van der Waals surface area contributed by atoms with E-state index in [0.717, 1.165) is 24.7 Å². The number of nitrogens with zero attached hydrogens (tertiary/aromatic N) is 3. The van der Waals surface area contributed by atoms with E-state index in [9.17, 15) is 0 Å². The number of rotatable bonds is 2. The van der Waals surface area contributed by atoms with Crippen molar-refractivity contribution in [3.8, 4) is 0 Å². The van der Waals surface area contributed by atoms with E-state index < -0.39 is 0 Å². The zero-order chi connectivity index (χ0) is 14.2. The molecule has 3 N–H and O–H groups in total. The summed E-state index contributed by atoms with van der Waals surface area (Å²) in [7, 11) is 0. The summed E-state index contributed by atoms with van der Waals surface area (Å²) in [5, 5.41) is 7.54. The van der Waals surface area contributed by atoms with Gasteiger partial charge in [0, 0.05) is 18.8 Å². The Labute approximate surface area is 120 Å². The third kappa shape index (κ3) is 2.49. The number of hydrogen-bond donors (Lipinski definition) is 2. The lowest BCUT2D eigenvalue weighted by Gasteiger charge is -2.39. The zero-order valence-corrected chi connectivity index (χ0v) is 12.2. The molecule has 1 saturated carbocycles. The molecule has 2 heterocycles. The van der Waals surface area contributed by atoms with Gasteiger partial charge in [-0.25, -0.2) is 9.97 Å². The minimum absolute atomic E-state index is 0.0148. The Morgan fingerprint density at radius 1 is 1.20 bits per heavy atom. The normalized spacial score (nSPS) is 21.4. The minimum atomic E-state index is 0.0148. The summed E-state index contributed by atoms with van der Waals surface area (Å²) in [5.74, 6) is 0.754. The Bertz CT molecular complexity index is 509. The molecule has 1 aromatic rings. The Hall–Kier alpha value is -1.65. The van der Waals surface area contributed by atoms with Crippen molar-refractivity contribution < 1.29 is 0 Å². The van der Waals surface area contributed by atoms with Gasteiger partial charge in [0.2, 0.25) is 5.95 Å². The van der Waals surface area contributed by atoms with Gasteiger partial charge in [-0.1, -0.05) is 12.8 Å². The van der Waals surface area contributed by atoms with Crippen molar-refractivity contribution in [2.45, 2.75) is 45.4 Å². The molecule has 1 aliphatic heterocycles. The van der Waals surface area contributed by atoms with Crippen molar-refractivity contribution in [2.75, 3.05) is 18.0 Å². The van der Waals surface area contributed by atoms with E-state index in [0.29, 0.717) is 11.1 Å². The largest absolute Gasteiger partial charge is 0.382 e. The van der Waals surface area contributed by atoms with Crippen molar-refractivity contribution in [3.63, 3.8) is 0 Å². The maximum Gasteiger partial charge on any atom is 0.226 e. The summed E-state index contributed by atoms with van der Waals surface area (Å²) in [6.07, 6.45) is 8.09. The van der Waals surface area contributed by atoms with Crippen LogP contribution in [0.5, 0.6) is 0 Å². The number of nitrogen functional groups attached to an aromatic ring is 1. The van der Waals surface area contributed by atoms with Crippen LogP contribution in [-0.4, -0.2) is 28.9 Å². The number of nitrogens with one attached hydrogen (secondary N) is 1. The highest BCUT2D eigenvalue weighted by molar-refractivity contribution is 5.93. The highest BCUT2D eigenvalue weighted by Crippen LogP contribution is 2.46. The molecule has 108 valence electrons. The summed E-state index contributed by atoms with van der Waals surface area (Å²) >= 11 is 0. The average molecular weight is 273 g/mol. The third-order valence-corrected chi connectivity index (χ3v) is 4.89. The first-order valence-electron chi connectivity index (χ1n) is 7.53. The number of hydrogen-bond acceptors (Lipinski definition) is 4. The number of nitrogens with two attached hydrogens (primary N) is 1. The Kier molecular flexibility index (Phi) is 3.36. The van der Waals surface area contributed by atoms with Crippen molar-refractivity contribution in [1.82, 2.24) is 9.97 Å². The fourth-order valence-corrected chi connectivity index (χ4v) is 3.64. The first-order chi connectivity index (χ1) is 9.58. The molecular weight excluding hydrogens is 250 g/mol. The van der Waals surface area contributed by atoms with Crippen LogP contribution in [-0.2, 0) is 0 Å². The molecule has 5 nitrogen and oxygen atoms in total. The summed E-state index contributed by atoms with van der Waals surface area (Å²) in [4.78, 5) is 11.2. The SMILES string of the molecule is Cc1cc(C(=N)N)nc(N2CCC3(CCCC3)CC2)n1. The second-order valence-corrected chi connectivity index (χ2v) is 6.30. The molecule has 0 radical (unpaired) electrons. The van der Waals surface area contributed by atoms with Crippen molar-refractivity contribution in [3.05, 3.63) is 17.5 Å². The van der Waals surface area contributed by atoms with Crippen LogP contribution in [0.25, 0.3) is 0 Å². The van der Waals surface area contributed by atoms with E-state index in [-0.39, 0.29) is 5.84 Å². The molecule has 20 heavy (non-hydrogen) atoms. The molecule has 1 aliphatic carbocycles. The fraction of sp³-hybridized carbons (Fsp3) is 0.667. The van der Waals surface area contributed by atoms with Crippen LogP contribution in [0, 0.1) is 17.7 Å². The Balaban J connectivity index is 1.76. The van der Waals surface area contributed by atoms with Gasteiger partial charge in [0.15, 0.2) is 0 Å². The number of aromatic nitrogens is 2. The van der Waals surface area contributed by atoms with Crippen molar-refractivity contribution in [2.24, 2.45) is 11.1 Å². The molecule has 5 heteroatoms. The highest BCUT2D eigenvalue weighted by Gasteiger charge is 2.37. The van der Waals surface area contributed by atoms with Crippen LogP contribution in [0.2, 0.25) is 0 Å². The van der Waals surface area contributed by atoms with E-state index in [1.807, 2.05) is 6.92 Å². The molecule has 1 aromatic heterocycles. The second kappa shape index (κ2) is 5.04. The molecule has 0 bridgehead atoms. The van der Waals surface area contributed by atoms with Gasteiger partial charge in [-0.2, -0.15) is 0 Å². The lowest BCUT2D eigenvalue weighted by Crippen LogP contribution is -2.40. The smallest absolute Gasteiger partial charge is 0.226 e. The molecule has 2 aliphatic rings. The van der Waals surface area contributed by atoms with Gasteiger partial charge < -0.3 is 10.6 Å². The molecule has 3 rings (SSSR count). The Morgan fingerprint density at radius 3 is 2.45 bits per heavy atom. The number of aryl methyl sites for hydroxylation is 1. The predicted molar refractivity (Wildman–Crippen MR) is 80.1 cm³/mol. The van der Waals surface area contributed by atoms with Gasteiger partial charge >= 0.3 is 0 Å². The quantitative estimate of drug-likeness (QED) is 0.639. The molecule has 0 amide bonds. The fourth-order valence-electron chi connectivity index (χ4n) is 3.64. The molecular formula is C15H23N5. The van der Waals surface area contributed by atoms with Gasteiger partial charge in [0.05, 0.1) is 0 Å². The number of amidine groups is 1. The van der Waals surface area contributed by atoms with E-state index in [1.165, 1.54) is 38.5 Å². The maximum absolute atomic E-state index is 7.54. The lowest BCUT2D eigenvalue weighted by molar-refractivity contribution is 0.225. The number of piperidine rings is 1. The number of anilines is 1. The van der Waals surface area contributed by atoms with E-state index >= 15 is 0 Å². The summed E-state index contributed by atoms with van der Waals surface area (Å²) < 4.78 is 0. The van der Waals surface area contributed by atoms with Gasteiger partial charge in [-0.3, -0.25) is 5.41 Å². The molecule has 1 saturated heterocycles. The van der Waals surface area contributed by atoms with Crippen LogP contribution in [0.15, 0.2) is 6.07 Å². The lowest BCUT2D eigenvalue weighted by atomic mass is 9.77. The topological polar surface area (TPSA) is 78.9 Å². The van der Waals surface area contributed by atoms with Crippen LogP contribution in [0.3, 0.4) is 0 Å². The average Bonchev–Trinajstić information content (AvgIpc) is 2.87. The minimum Gasteiger partial charge on any atom is -0.382 e. The van der Waals surface area contributed by atoms with Gasteiger partial charge in [-0.15, -0.1) is 0 Å². The summed E-state index contributed by atoms with van der Waals surface area (Å²) in [6.45, 7) is 3.99. The van der Waals surface area contributed by atoms with E-state index in [1.54, 1.807) is 6.07 Å². The molecule has 1 spiro atoms. The van der Waals surface area contributed by atoms with Crippen molar-refractivity contribution in [1.29, 1.82) is 5.41 Å². The monoisotopic (exact) mass is 273 g/mol. The van der Waals surface area contributed by atoms with Gasteiger partial charge in [0.25, 0.3) is 0 Å². The van der Waals surface area contributed by atoms with Crippen LogP contribution < -0.4 is 10.6 Å². The van der Waals surface area contributed by atoms with Gasteiger partial charge in [0.1, 0.15) is 11.5 Å². The first-order valence-corrected chi connectivity index (χ1v) is 7.53. The zero-order valence-electron chi connectivity index (χ0n) is 12.2. The standard InChI is InChI=1S/C15H23N5/c1-11-10-12(13(16)17)19-14(18-11)20-8-6-15(7-9-20)4-2-3-5-15/h10H,2-9H2,1H3,(H3,16,17). The van der Waals surface area contributed by atoms with Gasteiger partial charge in [-0.05, 0) is 44.1 Å². The molecule has 0 atom stereocenters. The van der Waals surface area contributed by atoms with E-state index in [4.69, 9.17) is 11.1 Å². The predicted octanol–water partition coefficient (Wildman–Crippen LogP) is 2.23. The van der Waals surface area contributed by atoms with E-state index in [2.05, 4.69) is 14.9 Å². The molecule has 0 aromatic carbocycles. The first kappa shape index (κ1) is 13.3. The Morgan fingerprint density at radius 2 is 1.85 bits per heavy atom. The van der Waals surface area contributed by atoms with Crippen LogP contribution >= 0.6 is 0 Å². The molecule has 0 unspecified atom stereocenters. The van der Waals surface area contributed by atoms with Crippen LogP contribution in [0.4, 0.5) is 5.95 Å². The summed E-state index contributed by atoms with van der Waals surface area (Å²) in [5.41, 5.74) is 7.56.